The molecule has 0 saturated carbocycles. The van der Waals surface area contributed by atoms with Crippen LogP contribution < -0.4 is 0 Å². The van der Waals surface area contributed by atoms with Crippen LogP contribution in [-0.4, -0.2) is 11.2 Å². The van der Waals surface area contributed by atoms with Crippen LogP contribution in [0.25, 0.3) is 0 Å². The maximum atomic E-state index is 8.01. The van der Waals surface area contributed by atoms with Crippen LogP contribution in [0.5, 0.6) is 0 Å². The summed E-state index contributed by atoms with van der Waals surface area (Å²) in [6, 6.07) is 0. The van der Waals surface area contributed by atoms with Crippen molar-refractivity contribution in [3.05, 3.63) is 6.92 Å². The zero-order valence-electron chi connectivity index (χ0n) is 2.81. The third-order valence-electron chi connectivity index (χ3n) is 0.192. The first-order chi connectivity index (χ1) is 2.27. The molecule has 0 fully saturated rings. The highest BCUT2D eigenvalue weighted by Gasteiger charge is 1.76. The smallest absolute Gasteiger partial charge is 0.114 e. The standard InChI is InChI=1S/C4H5O/c1-3-4(2)5/h1,4-5H,2H2. The van der Waals surface area contributed by atoms with Gasteiger partial charge in [0.05, 0.1) is 0 Å². The van der Waals surface area contributed by atoms with Gasteiger partial charge in [-0.05, 0) is 6.92 Å². The Morgan fingerprint density at radius 2 is 2.20 bits per heavy atom. The van der Waals surface area contributed by atoms with E-state index in [0.29, 0.717) is 0 Å². The van der Waals surface area contributed by atoms with Crippen LogP contribution in [0.2, 0.25) is 0 Å². The van der Waals surface area contributed by atoms with Crippen LogP contribution in [0, 0.1) is 19.3 Å². The molecular weight excluding hydrogens is 64.0 g/mol. The second kappa shape index (κ2) is 1.80. The summed E-state index contributed by atoms with van der Waals surface area (Å²) in [5, 5.41) is 8.01. The Morgan fingerprint density at radius 3 is 2.20 bits per heavy atom. The van der Waals surface area contributed by atoms with Gasteiger partial charge in [0.1, 0.15) is 6.10 Å². The molecule has 1 unspecified atom stereocenters. The minimum atomic E-state index is -0.838. The zero-order chi connectivity index (χ0) is 4.28. The van der Waals surface area contributed by atoms with E-state index >= 15 is 0 Å². The third-order valence-corrected chi connectivity index (χ3v) is 0.192. The average molecular weight is 69.1 g/mol. The molecule has 0 aliphatic rings. The lowest BCUT2D eigenvalue weighted by atomic mass is 10.4. The molecule has 1 N–H and O–H groups in total. The van der Waals surface area contributed by atoms with Gasteiger partial charge < -0.3 is 5.11 Å². The fourth-order valence-corrected chi connectivity index (χ4v) is 0. The number of hydrogen-bond acceptors (Lipinski definition) is 1. The molecule has 1 nitrogen and oxygen atoms in total. The first-order valence-electron chi connectivity index (χ1n) is 1.24. The summed E-state index contributed by atoms with van der Waals surface area (Å²) in [6.45, 7) is 3.08. The van der Waals surface area contributed by atoms with Gasteiger partial charge in [-0.3, -0.25) is 0 Å². The SMILES string of the molecule is C#CC([CH2])O. The van der Waals surface area contributed by atoms with Crippen molar-refractivity contribution in [2.24, 2.45) is 0 Å². The van der Waals surface area contributed by atoms with E-state index in [-0.39, 0.29) is 0 Å². The summed E-state index contributed by atoms with van der Waals surface area (Å²) in [6.07, 6.45) is 3.77. The van der Waals surface area contributed by atoms with Crippen molar-refractivity contribution in [2.45, 2.75) is 6.10 Å². The molecule has 1 radical (unpaired) electrons. The van der Waals surface area contributed by atoms with E-state index in [1.165, 1.54) is 0 Å². The molecule has 1 atom stereocenters. The normalized spacial score (nSPS) is 13.0. The summed E-state index contributed by atoms with van der Waals surface area (Å²) >= 11 is 0. The first-order valence-corrected chi connectivity index (χ1v) is 1.24. The fraction of sp³-hybridized carbons (Fsp3) is 0.250. The Morgan fingerprint density at radius 1 is 2.00 bits per heavy atom. The van der Waals surface area contributed by atoms with Crippen LogP contribution in [0.3, 0.4) is 0 Å². The van der Waals surface area contributed by atoms with Crippen molar-refractivity contribution in [1.82, 2.24) is 0 Å². The lowest BCUT2D eigenvalue weighted by molar-refractivity contribution is 0.278. The third kappa shape index (κ3) is 3.52. The molecule has 0 saturated heterocycles. The van der Waals surface area contributed by atoms with E-state index in [2.05, 4.69) is 13.3 Å². The van der Waals surface area contributed by atoms with E-state index in [1.54, 1.807) is 0 Å². The molecule has 0 amide bonds. The summed E-state index contributed by atoms with van der Waals surface area (Å²) in [5.41, 5.74) is 0. The van der Waals surface area contributed by atoms with Crippen molar-refractivity contribution in [1.29, 1.82) is 0 Å². The number of aliphatic hydroxyl groups is 1. The molecular formula is C4H5O. The number of aliphatic hydroxyl groups excluding tert-OH is 1. The number of rotatable bonds is 0. The van der Waals surface area contributed by atoms with E-state index < -0.39 is 6.10 Å². The van der Waals surface area contributed by atoms with E-state index in [0.717, 1.165) is 0 Å². The van der Waals surface area contributed by atoms with Crippen LogP contribution in [0.15, 0.2) is 0 Å². The van der Waals surface area contributed by atoms with Gasteiger partial charge in [0.15, 0.2) is 0 Å². The van der Waals surface area contributed by atoms with Gasteiger partial charge >= 0.3 is 0 Å². The van der Waals surface area contributed by atoms with Gasteiger partial charge in [-0.2, -0.15) is 0 Å². The maximum Gasteiger partial charge on any atom is 0.114 e. The highest BCUT2D eigenvalue weighted by atomic mass is 16.3. The fourth-order valence-electron chi connectivity index (χ4n) is 0. The van der Waals surface area contributed by atoms with Crippen LogP contribution in [0.1, 0.15) is 0 Å². The van der Waals surface area contributed by atoms with Gasteiger partial charge in [-0.25, -0.2) is 0 Å². The average Bonchev–Trinajstić information content (AvgIpc) is 1.38. The molecule has 0 bridgehead atoms. The molecule has 0 aromatic carbocycles. The lowest BCUT2D eigenvalue weighted by Gasteiger charge is -1.80. The molecule has 0 spiro atoms. The number of hydrogen-bond donors (Lipinski definition) is 1. The molecule has 27 valence electrons. The molecule has 0 rings (SSSR count). The molecule has 0 aromatic rings. The van der Waals surface area contributed by atoms with E-state index in [9.17, 15) is 0 Å². The number of terminal acetylenes is 1. The molecule has 5 heavy (non-hydrogen) atoms. The van der Waals surface area contributed by atoms with Crippen LogP contribution >= 0.6 is 0 Å². The summed E-state index contributed by atoms with van der Waals surface area (Å²) in [5.74, 6) is 1.97. The summed E-state index contributed by atoms with van der Waals surface area (Å²) < 4.78 is 0. The van der Waals surface area contributed by atoms with Gasteiger partial charge in [0.25, 0.3) is 0 Å². The van der Waals surface area contributed by atoms with Crippen molar-refractivity contribution in [3.8, 4) is 12.3 Å². The molecule has 0 heterocycles. The Bertz CT molecular complexity index is 49.2. The monoisotopic (exact) mass is 69.0 g/mol. The van der Waals surface area contributed by atoms with Crippen molar-refractivity contribution in [2.75, 3.05) is 0 Å². The van der Waals surface area contributed by atoms with Gasteiger partial charge in [0, 0.05) is 0 Å². The summed E-state index contributed by atoms with van der Waals surface area (Å²) in [4.78, 5) is 0. The quantitative estimate of drug-likeness (QED) is 0.391. The van der Waals surface area contributed by atoms with Crippen LogP contribution in [0.4, 0.5) is 0 Å². The molecule has 0 aliphatic carbocycles. The second-order valence-corrected chi connectivity index (χ2v) is 0.682. The van der Waals surface area contributed by atoms with Crippen molar-refractivity contribution in [3.63, 3.8) is 0 Å². The molecule has 0 aromatic heterocycles. The Hall–Kier alpha value is -0.480. The minimum Gasteiger partial charge on any atom is -0.380 e. The first kappa shape index (κ1) is 4.52. The molecule has 1 heteroatoms. The van der Waals surface area contributed by atoms with Crippen molar-refractivity contribution < 1.29 is 5.11 Å². The van der Waals surface area contributed by atoms with Gasteiger partial charge in [0.2, 0.25) is 0 Å². The highest BCUT2D eigenvalue weighted by molar-refractivity contribution is 4.94. The minimum absolute atomic E-state index is 0.838. The summed E-state index contributed by atoms with van der Waals surface area (Å²) in [7, 11) is 0. The van der Waals surface area contributed by atoms with E-state index in [4.69, 9.17) is 5.11 Å². The molecule has 0 aliphatic heterocycles. The largest absolute Gasteiger partial charge is 0.380 e. The zero-order valence-corrected chi connectivity index (χ0v) is 2.81. The Kier molecular flexibility index (Phi) is 1.63. The Labute approximate surface area is 31.6 Å². The van der Waals surface area contributed by atoms with Crippen LogP contribution in [-0.2, 0) is 0 Å². The highest BCUT2D eigenvalue weighted by Crippen LogP contribution is 1.65. The van der Waals surface area contributed by atoms with Gasteiger partial charge in [-0.1, -0.05) is 5.92 Å². The Balaban J connectivity index is 2.94. The predicted octanol–water partition coefficient (Wildman–Crippen LogP) is -0.185. The van der Waals surface area contributed by atoms with Crippen molar-refractivity contribution >= 4 is 0 Å². The van der Waals surface area contributed by atoms with E-state index in [1.807, 2.05) is 5.92 Å². The second-order valence-electron chi connectivity index (χ2n) is 0.682. The maximum absolute atomic E-state index is 8.01. The van der Waals surface area contributed by atoms with Gasteiger partial charge in [-0.15, -0.1) is 6.42 Å². The topological polar surface area (TPSA) is 20.2 Å². The predicted molar refractivity (Wildman–Crippen MR) is 20.2 cm³/mol. The lowest BCUT2D eigenvalue weighted by Crippen LogP contribution is -1.90.